The van der Waals surface area contributed by atoms with E-state index in [1.165, 1.54) is 19.3 Å². The first-order valence-corrected chi connectivity index (χ1v) is 3.89. The SMILES string of the molecule is CC1CC2=CCC1(C)C2. The minimum Gasteiger partial charge on any atom is -0.0847 e. The molecule has 0 aliphatic heterocycles. The molecule has 9 heavy (non-hydrogen) atoms. The molecule has 0 aromatic heterocycles. The van der Waals surface area contributed by atoms with Gasteiger partial charge in [-0.1, -0.05) is 25.5 Å². The van der Waals surface area contributed by atoms with Crippen molar-refractivity contribution >= 4 is 0 Å². The molecule has 0 aromatic carbocycles. The number of allylic oxidation sites excluding steroid dienone is 2. The van der Waals surface area contributed by atoms with Gasteiger partial charge < -0.3 is 0 Å². The van der Waals surface area contributed by atoms with Gasteiger partial charge in [-0.2, -0.15) is 0 Å². The van der Waals surface area contributed by atoms with E-state index >= 15 is 0 Å². The summed E-state index contributed by atoms with van der Waals surface area (Å²) >= 11 is 0. The van der Waals surface area contributed by atoms with Gasteiger partial charge in [0.1, 0.15) is 0 Å². The lowest BCUT2D eigenvalue weighted by molar-refractivity contribution is 0.255. The largest absolute Gasteiger partial charge is 0.0847 e. The second-order valence-corrected chi connectivity index (χ2v) is 4.00. The molecule has 0 saturated heterocycles. The second-order valence-electron chi connectivity index (χ2n) is 4.00. The quantitative estimate of drug-likeness (QED) is 0.433. The van der Waals surface area contributed by atoms with Gasteiger partial charge in [0.05, 0.1) is 0 Å². The van der Waals surface area contributed by atoms with Gasteiger partial charge in [0.2, 0.25) is 0 Å². The Bertz CT molecular complexity index is 167. The molecule has 0 heterocycles. The molecule has 2 aliphatic rings. The van der Waals surface area contributed by atoms with E-state index in [1.807, 2.05) is 0 Å². The highest BCUT2D eigenvalue weighted by Gasteiger charge is 2.41. The van der Waals surface area contributed by atoms with Crippen LogP contribution in [0, 0.1) is 11.3 Å². The summed E-state index contributed by atoms with van der Waals surface area (Å²) in [6, 6.07) is 0. The van der Waals surface area contributed by atoms with E-state index in [0.29, 0.717) is 5.41 Å². The van der Waals surface area contributed by atoms with Gasteiger partial charge in [0, 0.05) is 0 Å². The molecule has 2 rings (SSSR count). The summed E-state index contributed by atoms with van der Waals surface area (Å²) in [6.07, 6.45) is 6.58. The zero-order valence-corrected chi connectivity index (χ0v) is 6.28. The summed E-state index contributed by atoms with van der Waals surface area (Å²) in [6.45, 7) is 4.81. The van der Waals surface area contributed by atoms with Crippen molar-refractivity contribution in [2.75, 3.05) is 0 Å². The summed E-state index contributed by atoms with van der Waals surface area (Å²) in [5.74, 6) is 0.956. The summed E-state index contributed by atoms with van der Waals surface area (Å²) in [5.41, 5.74) is 2.40. The van der Waals surface area contributed by atoms with E-state index in [0.717, 1.165) is 5.92 Å². The first kappa shape index (κ1) is 5.52. The average Bonchev–Trinajstić information content (AvgIpc) is 2.22. The lowest BCUT2D eigenvalue weighted by atomic mass is 9.79. The predicted octanol–water partition coefficient (Wildman–Crippen LogP) is 2.75. The van der Waals surface area contributed by atoms with Crippen molar-refractivity contribution in [2.45, 2.75) is 33.1 Å². The number of rotatable bonds is 0. The predicted molar refractivity (Wildman–Crippen MR) is 39.2 cm³/mol. The van der Waals surface area contributed by atoms with Crippen LogP contribution < -0.4 is 0 Å². The molecule has 1 fully saturated rings. The highest BCUT2D eigenvalue weighted by atomic mass is 14.5. The first-order valence-electron chi connectivity index (χ1n) is 3.89. The highest BCUT2D eigenvalue weighted by Crippen LogP contribution is 2.53. The molecule has 0 amide bonds. The van der Waals surface area contributed by atoms with Crippen LogP contribution in [0.4, 0.5) is 0 Å². The Morgan fingerprint density at radius 3 is 2.67 bits per heavy atom. The molecule has 50 valence electrons. The van der Waals surface area contributed by atoms with Crippen molar-refractivity contribution in [3.8, 4) is 0 Å². The molecule has 0 N–H and O–H groups in total. The fourth-order valence-corrected chi connectivity index (χ4v) is 2.21. The number of hydrogen-bond donors (Lipinski definition) is 0. The van der Waals surface area contributed by atoms with Crippen molar-refractivity contribution < 1.29 is 0 Å². The third kappa shape index (κ3) is 0.593. The Balaban J connectivity index is 2.33. The second kappa shape index (κ2) is 1.42. The Hall–Kier alpha value is -0.260. The maximum Gasteiger partial charge on any atom is -0.0225 e. The fraction of sp³-hybridized carbons (Fsp3) is 0.778. The van der Waals surface area contributed by atoms with Crippen molar-refractivity contribution in [3.05, 3.63) is 11.6 Å². The molecule has 2 bridgehead atoms. The van der Waals surface area contributed by atoms with Crippen LogP contribution in [0.1, 0.15) is 33.1 Å². The Kier molecular flexibility index (Phi) is 0.870. The van der Waals surface area contributed by atoms with Gasteiger partial charge in [-0.15, -0.1) is 0 Å². The van der Waals surface area contributed by atoms with Crippen LogP contribution in [0.15, 0.2) is 11.6 Å². The van der Waals surface area contributed by atoms with Crippen molar-refractivity contribution in [2.24, 2.45) is 11.3 Å². The molecule has 1 saturated carbocycles. The van der Waals surface area contributed by atoms with E-state index in [4.69, 9.17) is 0 Å². The fourth-order valence-electron chi connectivity index (χ4n) is 2.21. The normalized spacial score (nSPS) is 47.8. The summed E-state index contributed by atoms with van der Waals surface area (Å²) in [5, 5.41) is 0. The van der Waals surface area contributed by atoms with Gasteiger partial charge in [-0.05, 0) is 30.6 Å². The number of fused-ring (bicyclic) bond motifs is 2. The molecule has 2 unspecified atom stereocenters. The molecular formula is C9H14. The minimum atomic E-state index is 0.676. The maximum absolute atomic E-state index is 2.44. The third-order valence-corrected chi connectivity index (χ3v) is 3.25. The zero-order valence-electron chi connectivity index (χ0n) is 6.28. The standard InChI is InChI=1S/C9H14/c1-7-5-8-3-4-9(7,2)6-8/h3,7H,4-6H2,1-2H3. The van der Waals surface area contributed by atoms with Gasteiger partial charge in [0.15, 0.2) is 0 Å². The van der Waals surface area contributed by atoms with Crippen LogP contribution in [0.25, 0.3) is 0 Å². The van der Waals surface area contributed by atoms with Gasteiger partial charge in [0.25, 0.3) is 0 Å². The third-order valence-electron chi connectivity index (χ3n) is 3.25. The minimum absolute atomic E-state index is 0.676. The number of hydrogen-bond acceptors (Lipinski definition) is 0. The Morgan fingerprint density at radius 2 is 2.44 bits per heavy atom. The first-order chi connectivity index (χ1) is 4.21. The molecule has 0 nitrogen and oxygen atoms in total. The van der Waals surface area contributed by atoms with E-state index in [-0.39, 0.29) is 0 Å². The topological polar surface area (TPSA) is 0 Å². The molecule has 0 radical (unpaired) electrons. The summed E-state index contributed by atoms with van der Waals surface area (Å²) in [4.78, 5) is 0. The molecule has 2 aliphatic carbocycles. The highest BCUT2D eigenvalue weighted by molar-refractivity contribution is 5.22. The van der Waals surface area contributed by atoms with E-state index in [1.54, 1.807) is 5.57 Å². The van der Waals surface area contributed by atoms with E-state index in [2.05, 4.69) is 19.9 Å². The monoisotopic (exact) mass is 122 g/mol. The maximum atomic E-state index is 2.44. The lowest BCUT2D eigenvalue weighted by Gasteiger charge is -2.26. The molecule has 2 atom stereocenters. The van der Waals surface area contributed by atoms with Gasteiger partial charge >= 0.3 is 0 Å². The van der Waals surface area contributed by atoms with E-state index < -0.39 is 0 Å². The van der Waals surface area contributed by atoms with Crippen molar-refractivity contribution in [1.82, 2.24) is 0 Å². The summed E-state index contributed by atoms with van der Waals surface area (Å²) < 4.78 is 0. The molecular weight excluding hydrogens is 108 g/mol. The zero-order chi connectivity index (χ0) is 6.48. The average molecular weight is 122 g/mol. The molecule has 0 spiro atoms. The van der Waals surface area contributed by atoms with Gasteiger partial charge in [-0.25, -0.2) is 0 Å². The van der Waals surface area contributed by atoms with Crippen molar-refractivity contribution in [1.29, 1.82) is 0 Å². The van der Waals surface area contributed by atoms with E-state index in [9.17, 15) is 0 Å². The van der Waals surface area contributed by atoms with Crippen molar-refractivity contribution in [3.63, 3.8) is 0 Å². The summed E-state index contributed by atoms with van der Waals surface area (Å²) in [7, 11) is 0. The van der Waals surface area contributed by atoms with Crippen LogP contribution in [0.2, 0.25) is 0 Å². The Morgan fingerprint density at radius 1 is 1.67 bits per heavy atom. The smallest absolute Gasteiger partial charge is 0.0225 e. The Labute approximate surface area is 57.0 Å². The van der Waals surface area contributed by atoms with Crippen LogP contribution in [-0.4, -0.2) is 0 Å². The van der Waals surface area contributed by atoms with Crippen LogP contribution in [-0.2, 0) is 0 Å². The molecule has 0 aromatic rings. The van der Waals surface area contributed by atoms with Crippen LogP contribution in [0.5, 0.6) is 0 Å². The lowest BCUT2D eigenvalue weighted by Crippen LogP contribution is -2.17. The molecule has 0 heteroatoms. The van der Waals surface area contributed by atoms with Gasteiger partial charge in [-0.3, -0.25) is 0 Å². The van der Waals surface area contributed by atoms with Crippen LogP contribution >= 0.6 is 0 Å². The van der Waals surface area contributed by atoms with Crippen LogP contribution in [0.3, 0.4) is 0 Å².